The maximum Gasteiger partial charge on any atom is 0.498 e. The molecule has 1 fully saturated rings. The summed E-state index contributed by atoms with van der Waals surface area (Å²) in [6.45, 7) is 10.1. The number of imidazole rings is 1. The number of hydrogen-bond donors (Lipinski definition) is 0. The van der Waals surface area contributed by atoms with Gasteiger partial charge in [-0.05, 0) is 40.7 Å². The van der Waals surface area contributed by atoms with Gasteiger partial charge in [-0.1, -0.05) is 0 Å². The number of hydrogen-bond acceptors (Lipinski definition) is 4. The quantitative estimate of drug-likeness (QED) is 0.725. The molecule has 0 amide bonds. The second-order valence-corrected chi connectivity index (χ2v) is 6.02. The third-order valence-corrected chi connectivity index (χ3v) is 4.02. The van der Waals surface area contributed by atoms with E-state index in [0.717, 1.165) is 16.8 Å². The first kappa shape index (κ1) is 12.6. The predicted octanol–water partition coefficient (Wildman–Crippen LogP) is 1.34. The summed E-state index contributed by atoms with van der Waals surface area (Å²) in [6.07, 6.45) is 3.56. The third-order valence-electron chi connectivity index (χ3n) is 4.02. The fourth-order valence-corrected chi connectivity index (χ4v) is 2.22. The van der Waals surface area contributed by atoms with Gasteiger partial charge in [0.25, 0.3) is 0 Å². The lowest BCUT2D eigenvalue weighted by Gasteiger charge is -2.32. The van der Waals surface area contributed by atoms with Gasteiger partial charge in [-0.15, -0.1) is 0 Å². The monoisotopic (exact) mass is 259 g/mol. The molecule has 6 heteroatoms. The van der Waals surface area contributed by atoms with Crippen LogP contribution in [0.3, 0.4) is 0 Å². The smallest absolute Gasteiger partial charge is 0.399 e. The second-order valence-electron chi connectivity index (χ2n) is 6.02. The molecule has 3 rings (SSSR count). The van der Waals surface area contributed by atoms with Gasteiger partial charge in [0.05, 0.1) is 16.9 Å². The van der Waals surface area contributed by atoms with E-state index in [4.69, 9.17) is 9.31 Å². The van der Waals surface area contributed by atoms with E-state index in [1.807, 2.05) is 46.9 Å². The molecule has 5 nitrogen and oxygen atoms in total. The minimum Gasteiger partial charge on any atom is -0.399 e. The first-order valence-corrected chi connectivity index (χ1v) is 6.47. The van der Waals surface area contributed by atoms with Crippen LogP contribution in [0.5, 0.6) is 0 Å². The molecule has 19 heavy (non-hydrogen) atoms. The Bertz CT molecular complexity index is 620. The predicted molar refractivity (Wildman–Crippen MR) is 73.4 cm³/mol. The van der Waals surface area contributed by atoms with Crippen molar-refractivity contribution in [2.45, 2.75) is 45.8 Å². The summed E-state index contributed by atoms with van der Waals surface area (Å²) < 4.78 is 13.9. The largest absolute Gasteiger partial charge is 0.498 e. The maximum atomic E-state index is 6.08. The Hall–Kier alpha value is -1.40. The van der Waals surface area contributed by atoms with Crippen molar-refractivity contribution in [2.75, 3.05) is 0 Å². The molecular weight excluding hydrogens is 241 g/mol. The van der Waals surface area contributed by atoms with Gasteiger partial charge in [0.15, 0.2) is 5.65 Å². The van der Waals surface area contributed by atoms with E-state index >= 15 is 0 Å². The van der Waals surface area contributed by atoms with Crippen molar-refractivity contribution in [1.82, 2.24) is 14.6 Å². The van der Waals surface area contributed by atoms with Gasteiger partial charge in [-0.2, -0.15) is 5.10 Å². The molecule has 0 bridgehead atoms. The van der Waals surface area contributed by atoms with Crippen LogP contribution in [0.4, 0.5) is 0 Å². The van der Waals surface area contributed by atoms with Crippen molar-refractivity contribution in [3.63, 3.8) is 0 Å². The van der Waals surface area contributed by atoms with Gasteiger partial charge in [0, 0.05) is 17.9 Å². The van der Waals surface area contributed by atoms with Crippen LogP contribution < -0.4 is 5.46 Å². The highest BCUT2D eigenvalue weighted by Gasteiger charge is 2.52. The molecule has 0 radical (unpaired) electrons. The van der Waals surface area contributed by atoms with Crippen LogP contribution in [0.25, 0.3) is 5.65 Å². The molecule has 0 atom stereocenters. The minimum absolute atomic E-state index is 0.349. The first-order chi connectivity index (χ1) is 8.80. The topological polar surface area (TPSA) is 48.7 Å². The summed E-state index contributed by atoms with van der Waals surface area (Å²) in [6, 6.07) is 1.98. The molecular formula is C13H18BN3O2. The van der Waals surface area contributed by atoms with Gasteiger partial charge in [-0.3, -0.25) is 0 Å². The van der Waals surface area contributed by atoms with Gasteiger partial charge in [-0.25, -0.2) is 9.50 Å². The molecule has 100 valence electrons. The van der Waals surface area contributed by atoms with Gasteiger partial charge in [0.1, 0.15) is 0 Å². The summed E-state index contributed by atoms with van der Waals surface area (Å²) in [7, 11) is -0.406. The van der Waals surface area contributed by atoms with Crippen LogP contribution >= 0.6 is 0 Å². The molecule has 0 spiro atoms. The average molecular weight is 259 g/mol. The maximum absolute atomic E-state index is 6.08. The van der Waals surface area contributed by atoms with E-state index in [9.17, 15) is 0 Å². The van der Waals surface area contributed by atoms with Crippen LogP contribution in [0.1, 0.15) is 33.4 Å². The average Bonchev–Trinajstić information content (AvgIpc) is 2.80. The molecule has 3 heterocycles. The molecule has 0 unspecified atom stereocenters. The van der Waals surface area contributed by atoms with Crippen molar-refractivity contribution < 1.29 is 9.31 Å². The summed E-state index contributed by atoms with van der Waals surface area (Å²) in [5.41, 5.74) is 1.92. The van der Waals surface area contributed by atoms with Gasteiger partial charge >= 0.3 is 7.12 Å². The summed E-state index contributed by atoms with van der Waals surface area (Å²) in [4.78, 5) is 4.34. The zero-order valence-electron chi connectivity index (χ0n) is 12.0. The van der Waals surface area contributed by atoms with E-state index in [-0.39, 0.29) is 11.2 Å². The molecule has 1 aliphatic rings. The van der Waals surface area contributed by atoms with Gasteiger partial charge in [0.2, 0.25) is 0 Å². The second kappa shape index (κ2) is 3.80. The first-order valence-electron chi connectivity index (χ1n) is 6.47. The Labute approximate surface area is 113 Å². The van der Waals surface area contributed by atoms with Crippen LogP contribution in [0, 0.1) is 6.92 Å². The van der Waals surface area contributed by atoms with E-state index in [1.165, 1.54) is 0 Å². The van der Waals surface area contributed by atoms with Crippen LogP contribution in [0.2, 0.25) is 0 Å². The van der Waals surface area contributed by atoms with Gasteiger partial charge < -0.3 is 9.31 Å². The van der Waals surface area contributed by atoms with E-state index < -0.39 is 7.12 Å². The van der Waals surface area contributed by atoms with Crippen LogP contribution in [-0.4, -0.2) is 32.9 Å². The number of nitrogens with zero attached hydrogens (tertiary/aromatic N) is 3. The molecule has 0 aromatic carbocycles. The van der Waals surface area contributed by atoms with Crippen molar-refractivity contribution in [2.24, 2.45) is 0 Å². The molecule has 1 saturated heterocycles. The molecule has 2 aromatic heterocycles. The van der Waals surface area contributed by atoms with Crippen molar-refractivity contribution in [3.8, 4) is 0 Å². The highest BCUT2D eigenvalue weighted by atomic mass is 16.7. The third kappa shape index (κ3) is 1.86. The van der Waals surface area contributed by atoms with Crippen molar-refractivity contribution in [3.05, 3.63) is 24.2 Å². The summed E-state index contributed by atoms with van der Waals surface area (Å²) in [5.74, 6) is 0. The summed E-state index contributed by atoms with van der Waals surface area (Å²) in [5, 5.41) is 4.38. The highest BCUT2D eigenvalue weighted by Crippen LogP contribution is 2.36. The molecule has 0 aliphatic carbocycles. The lowest BCUT2D eigenvalue weighted by Crippen LogP contribution is -2.41. The lowest BCUT2D eigenvalue weighted by molar-refractivity contribution is 0.00578. The standard InChI is InChI=1S/C13H18BN3O2/c1-9-8-10(11-15-6-7-17(11)16-9)14-18-12(2,3)13(4,5)19-14/h6-8H,1-5H3. The Kier molecular flexibility index (Phi) is 2.53. The Morgan fingerprint density at radius 3 is 2.42 bits per heavy atom. The normalized spacial score (nSPS) is 21.2. The molecule has 2 aromatic rings. The SMILES string of the molecule is Cc1cc(B2OC(C)(C)C(C)(C)O2)c2nccn2n1. The molecule has 0 N–H and O–H groups in total. The number of rotatable bonds is 1. The fraction of sp³-hybridized carbons (Fsp3) is 0.538. The van der Waals surface area contributed by atoms with E-state index in [0.29, 0.717) is 0 Å². The Morgan fingerprint density at radius 2 is 1.79 bits per heavy atom. The molecule has 0 saturated carbocycles. The highest BCUT2D eigenvalue weighted by molar-refractivity contribution is 6.64. The lowest BCUT2D eigenvalue weighted by atomic mass is 9.79. The number of aryl methyl sites for hydroxylation is 1. The Balaban J connectivity index is 2.09. The van der Waals surface area contributed by atoms with Crippen LogP contribution in [0.15, 0.2) is 18.5 Å². The van der Waals surface area contributed by atoms with E-state index in [1.54, 1.807) is 10.7 Å². The van der Waals surface area contributed by atoms with Crippen LogP contribution in [-0.2, 0) is 9.31 Å². The minimum atomic E-state index is -0.406. The van der Waals surface area contributed by atoms with Crippen molar-refractivity contribution >= 4 is 18.2 Å². The van der Waals surface area contributed by atoms with Crippen molar-refractivity contribution in [1.29, 1.82) is 0 Å². The van der Waals surface area contributed by atoms with E-state index in [2.05, 4.69) is 10.1 Å². The Morgan fingerprint density at radius 1 is 1.16 bits per heavy atom. The number of fused-ring (bicyclic) bond motifs is 1. The molecule has 1 aliphatic heterocycles. The zero-order valence-corrected chi connectivity index (χ0v) is 12.0. The number of aromatic nitrogens is 3. The summed E-state index contributed by atoms with van der Waals surface area (Å²) >= 11 is 0. The zero-order chi connectivity index (χ0) is 13.8. The fourth-order valence-electron chi connectivity index (χ4n) is 2.22.